The van der Waals surface area contributed by atoms with E-state index in [4.69, 9.17) is 11.6 Å². The van der Waals surface area contributed by atoms with Gasteiger partial charge in [-0.25, -0.2) is 0 Å². The van der Waals surface area contributed by atoms with Crippen LogP contribution in [0.1, 0.15) is 28.9 Å². The molecule has 1 aliphatic heterocycles. The predicted molar refractivity (Wildman–Crippen MR) is 95.7 cm³/mol. The Morgan fingerprint density at radius 2 is 1.39 bits per heavy atom. The summed E-state index contributed by atoms with van der Waals surface area (Å²) in [6.07, 6.45) is 0.0649. The monoisotopic (exact) mass is 320 g/mol. The van der Waals surface area contributed by atoms with Crippen molar-refractivity contribution in [2.24, 2.45) is 0 Å². The van der Waals surface area contributed by atoms with Crippen LogP contribution in [0.5, 0.6) is 0 Å². The zero-order valence-corrected chi connectivity index (χ0v) is 13.3. The van der Waals surface area contributed by atoms with E-state index in [0.29, 0.717) is 0 Å². The van der Waals surface area contributed by atoms with Crippen LogP contribution < -0.4 is 10.6 Å². The minimum absolute atomic E-state index is 0.0649. The molecule has 3 heteroatoms. The number of hydrogen-bond acceptors (Lipinski definition) is 2. The van der Waals surface area contributed by atoms with E-state index in [1.807, 2.05) is 24.3 Å². The lowest BCUT2D eigenvalue weighted by Gasteiger charge is -2.35. The highest BCUT2D eigenvalue weighted by Gasteiger charge is 2.27. The van der Waals surface area contributed by atoms with E-state index in [9.17, 15) is 0 Å². The van der Waals surface area contributed by atoms with Crippen LogP contribution in [0.2, 0.25) is 5.02 Å². The summed E-state index contributed by atoms with van der Waals surface area (Å²) in [7, 11) is 0. The van der Waals surface area contributed by atoms with E-state index in [1.54, 1.807) is 0 Å². The zero-order valence-electron chi connectivity index (χ0n) is 12.5. The third-order valence-corrected chi connectivity index (χ3v) is 4.46. The Hall–Kier alpha value is -2.29. The van der Waals surface area contributed by atoms with E-state index in [-0.39, 0.29) is 12.2 Å². The van der Waals surface area contributed by atoms with Gasteiger partial charge in [0, 0.05) is 10.7 Å². The Morgan fingerprint density at radius 3 is 2.09 bits per heavy atom. The molecule has 1 aliphatic rings. The van der Waals surface area contributed by atoms with Crippen molar-refractivity contribution in [1.82, 2.24) is 5.32 Å². The molecule has 2 atom stereocenters. The maximum absolute atomic E-state index is 6.23. The van der Waals surface area contributed by atoms with Crippen molar-refractivity contribution < 1.29 is 0 Å². The first-order valence-electron chi connectivity index (χ1n) is 7.73. The fraction of sp³-hybridized carbons (Fsp3) is 0.100. The second-order valence-corrected chi connectivity index (χ2v) is 6.17. The van der Waals surface area contributed by atoms with Gasteiger partial charge in [-0.2, -0.15) is 0 Å². The van der Waals surface area contributed by atoms with E-state index in [2.05, 4.69) is 65.2 Å². The van der Waals surface area contributed by atoms with Crippen LogP contribution in [0.15, 0.2) is 78.9 Å². The quantitative estimate of drug-likeness (QED) is 0.683. The molecule has 0 bridgehead atoms. The van der Waals surface area contributed by atoms with Crippen LogP contribution in [-0.2, 0) is 0 Å². The molecule has 23 heavy (non-hydrogen) atoms. The van der Waals surface area contributed by atoms with Crippen LogP contribution in [0.4, 0.5) is 5.69 Å². The normalized spacial score (nSPS) is 19.7. The highest BCUT2D eigenvalue weighted by Crippen LogP contribution is 2.37. The van der Waals surface area contributed by atoms with Crippen LogP contribution in [0.3, 0.4) is 0 Å². The van der Waals surface area contributed by atoms with Crippen LogP contribution in [0.25, 0.3) is 0 Å². The maximum atomic E-state index is 6.23. The van der Waals surface area contributed by atoms with Gasteiger partial charge in [0.2, 0.25) is 0 Å². The number of benzene rings is 3. The first kappa shape index (κ1) is 14.3. The number of fused-ring (bicyclic) bond motifs is 1. The summed E-state index contributed by atoms with van der Waals surface area (Å²) in [6, 6.07) is 27.0. The predicted octanol–water partition coefficient (Wildman–Crippen LogP) is 5.14. The molecule has 0 aliphatic carbocycles. The zero-order chi connectivity index (χ0) is 15.6. The van der Waals surface area contributed by atoms with Crippen LogP contribution >= 0.6 is 11.6 Å². The van der Waals surface area contributed by atoms with Crippen molar-refractivity contribution in [2.45, 2.75) is 12.2 Å². The van der Waals surface area contributed by atoms with Crippen molar-refractivity contribution in [3.63, 3.8) is 0 Å². The summed E-state index contributed by atoms with van der Waals surface area (Å²) in [6.45, 7) is 0. The third-order valence-electron chi connectivity index (χ3n) is 4.22. The Labute approximate surface area is 141 Å². The summed E-state index contributed by atoms with van der Waals surface area (Å²) < 4.78 is 0. The van der Waals surface area contributed by atoms with Gasteiger partial charge in [0.25, 0.3) is 0 Å². The van der Waals surface area contributed by atoms with Gasteiger partial charge < -0.3 is 5.32 Å². The first-order valence-corrected chi connectivity index (χ1v) is 8.11. The van der Waals surface area contributed by atoms with Crippen LogP contribution in [0, 0.1) is 0 Å². The first-order chi connectivity index (χ1) is 11.3. The van der Waals surface area contributed by atoms with E-state index < -0.39 is 0 Å². The largest absolute Gasteiger partial charge is 0.366 e. The highest BCUT2D eigenvalue weighted by molar-refractivity contribution is 6.30. The molecule has 3 aromatic carbocycles. The van der Waals surface area contributed by atoms with Gasteiger partial charge in [-0.3, -0.25) is 5.32 Å². The number of rotatable bonds is 2. The molecule has 0 saturated heterocycles. The second-order valence-electron chi connectivity index (χ2n) is 5.73. The van der Waals surface area contributed by atoms with E-state index in [1.165, 1.54) is 16.7 Å². The molecule has 2 N–H and O–H groups in total. The number of hydrogen-bond donors (Lipinski definition) is 2. The number of halogens is 1. The summed E-state index contributed by atoms with van der Waals surface area (Å²) in [5.41, 5.74) is 4.75. The maximum Gasteiger partial charge on any atom is 0.104 e. The molecule has 4 rings (SSSR count). The Kier molecular flexibility index (Phi) is 3.78. The summed E-state index contributed by atoms with van der Waals surface area (Å²) in [4.78, 5) is 0. The highest BCUT2D eigenvalue weighted by atomic mass is 35.5. The van der Waals surface area contributed by atoms with Gasteiger partial charge in [0.15, 0.2) is 0 Å². The minimum Gasteiger partial charge on any atom is -0.366 e. The van der Waals surface area contributed by atoms with E-state index >= 15 is 0 Å². The van der Waals surface area contributed by atoms with Crippen molar-refractivity contribution >= 4 is 17.3 Å². The SMILES string of the molecule is Clc1ccc2c(c1)C(c1ccccc1)NC(c1ccccc1)N2. The molecule has 0 saturated carbocycles. The molecule has 0 spiro atoms. The number of nitrogens with one attached hydrogen (secondary N) is 2. The molecule has 2 unspecified atom stereocenters. The summed E-state index contributed by atoms with van der Waals surface area (Å²) in [5.74, 6) is 0. The molecular formula is C20H17ClN2. The molecule has 0 amide bonds. The van der Waals surface area contributed by atoms with Crippen LogP contribution in [-0.4, -0.2) is 0 Å². The molecule has 1 heterocycles. The topological polar surface area (TPSA) is 24.1 Å². The van der Waals surface area contributed by atoms with E-state index in [0.717, 1.165) is 10.7 Å². The molecule has 0 fully saturated rings. The molecular weight excluding hydrogens is 304 g/mol. The fourth-order valence-corrected chi connectivity index (χ4v) is 3.28. The smallest absolute Gasteiger partial charge is 0.104 e. The average Bonchev–Trinajstić information content (AvgIpc) is 2.62. The molecule has 0 aromatic heterocycles. The van der Waals surface area contributed by atoms with Crippen molar-refractivity contribution in [3.05, 3.63) is 101 Å². The second kappa shape index (κ2) is 6.07. The third kappa shape index (κ3) is 2.83. The minimum atomic E-state index is 0.0649. The van der Waals surface area contributed by atoms with Gasteiger partial charge in [-0.15, -0.1) is 0 Å². The van der Waals surface area contributed by atoms with Crippen molar-refractivity contribution in [1.29, 1.82) is 0 Å². The lowest BCUT2D eigenvalue weighted by atomic mass is 9.93. The molecule has 2 nitrogen and oxygen atoms in total. The Morgan fingerprint density at radius 1 is 0.739 bits per heavy atom. The van der Waals surface area contributed by atoms with Gasteiger partial charge >= 0.3 is 0 Å². The Bertz CT molecular complexity index is 802. The van der Waals surface area contributed by atoms with Gasteiger partial charge in [-0.05, 0) is 34.9 Å². The van der Waals surface area contributed by atoms with Gasteiger partial charge in [-0.1, -0.05) is 72.3 Å². The Balaban J connectivity index is 1.79. The van der Waals surface area contributed by atoms with Gasteiger partial charge in [0.1, 0.15) is 6.17 Å². The standard InChI is InChI=1S/C20H17ClN2/c21-16-11-12-18-17(13-16)19(14-7-3-1-4-8-14)23-20(22-18)15-9-5-2-6-10-15/h1-13,19-20,22-23H. The lowest BCUT2D eigenvalue weighted by Crippen LogP contribution is -2.37. The van der Waals surface area contributed by atoms with Crippen molar-refractivity contribution in [3.8, 4) is 0 Å². The summed E-state index contributed by atoms with van der Waals surface area (Å²) in [5, 5.41) is 8.03. The fourth-order valence-electron chi connectivity index (χ4n) is 3.10. The molecule has 0 radical (unpaired) electrons. The number of anilines is 1. The summed E-state index contributed by atoms with van der Waals surface area (Å²) >= 11 is 6.23. The lowest BCUT2D eigenvalue weighted by molar-refractivity contribution is 0.506. The average molecular weight is 321 g/mol. The molecule has 114 valence electrons. The van der Waals surface area contributed by atoms with Gasteiger partial charge in [0.05, 0.1) is 6.04 Å². The molecule has 3 aromatic rings. The van der Waals surface area contributed by atoms with Crippen molar-refractivity contribution in [2.75, 3.05) is 5.32 Å².